The molecule has 2 aromatic rings. The fourth-order valence-corrected chi connectivity index (χ4v) is 3.53. The number of hydrogen-bond donors (Lipinski definition) is 1. The first-order chi connectivity index (χ1) is 9.49. The number of imidazole rings is 1. The summed E-state index contributed by atoms with van der Waals surface area (Å²) in [4.78, 5) is 4.34. The van der Waals surface area contributed by atoms with Crippen molar-refractivity contribution in [1.29, 1.82) is 0 Å². The zero-order valence-electron chi connectivity index (χ0n) is 11.7. The summed E-state index contributed by atoms with van der Waals surface area (Å²) in [6.45, 7) is 4.51. The Labute approximate surface area is 122 Å². The Morgan fingerprint density at radius 2 is 2.10 bits per heavy atom. The van der Waals surface area contributed by atoms with Gasteiger partial charge in [0.1, 0.15) is 5.82 Å². The van der Waals surface area contributed by atoms with E-state index < -0.39 is 5.82 Å². The van der Waals surface area contributed by atoms with Gasteiger partial charge in [-0.25, -0.2) is 9.37 Å². The average molecular weight is 296 g/mol. The number of benzene rings is 1. The lowest BCUT2D eigenvalue weighted by Crippen LogP contribution is -2.27. The molecule has 0 spiro atoms. The predicted octanol–water partition coefficient (Wildman–Crippen LogP) is 4.41. The highest BCUT2D eigenvalue weighted by molar-refractivity contribution is 6.31. The van der Waals surface area contributed by atoms with E-state index in [-0.39, 0.29) is 11.1 Å². The van der Waals surface area contributed by atoms with Crippen molar-refractivity contribution >= 4 is 28.6 Å². The van der Waals surface area contributed by atoms with Crippen molar-refractivity contribution in [1.82, 2.24) is 9.55 Å². The molecule has 1 aliphatic rings. The Bertz CT molecular complexity index is 652. The standard InChI is InChI=1S/C15H19ClFN3/c1-8-4-3-5-13(9(8)2)20-14-7-11(17)10(16)6-12(14)19-15(20)18/h6-9,13H,3-5H2,1-2H3,(H2,18,19). The fraction of sp³-hybridized carbons (Fsp3) is 0.533. The minimum Gasteiger partial charge on any atom is -0.369 e. The van der Waals surface area contributed by atoms with Crippen molar-refractivity contribution in [2.45, 2.75) is 39.2 Å². The van der Waals surface area contributed by atoms with E-state index in [9.17, 15) is 4.39 Å². The van der Waals surface area contributed by atoms with Crippen molar-refractivity contribution < 1.29 is 4.39 Å². The number of nitrogens with two attached hydrogens (primary N) is 1. The van der Waals surface area contributed by atoms with Gasteiger partial charge in [-0.3, -0.25) is 0 Å². The van der Waals surface area contributed by atoms with E-state index in [2.05, 4.69) is 18.8 Å². The first-order valence-corrected chi connectivity index (χ1v) is 7.49. The van der Waals surface area contributed by atoms with E-state index in [0.29, 0.717) is 23.3 Å². The molecule has 1 fully saturated rings. The van der Waals surface area contributed by atoms with E-state index in [1.54, 1.807) is 6.07 Å². The summed E-state index contributed by atoms with van der Waals surface area (Å²) in [5.41, 5.74) is 7.49. The zero-order chi connectivity index (χ0) is 14.4. The van der Waals surface area contributed by atoms with Crippen LogP contribution >= 0.6 is 11.6 Å². The molecule has 2 N–H and O–H groups in total. The lowest BCUT2D eigenvalue weighted by atomic mass is 9.78. The van der Waals surface area contributed by atoms with Crippen LogP contribution in [-0.2, 0) is 0 Å². The number of anilines is 1. The number of hydrogen-bond acceptors (Lipinski definition) is 2. The van der Waals surface area contributed by atoms with Gasteiger partial charge in [0.05, 0.1) is 16.1 Å². The summed E-state index contributed by atoms with van der Waals surface area (Å²) in [5.74, 6) is 1.18. The zero-order valence-corrected chi connectivity index (χ0v) is 12.5. The second-order valence-electron chi connectivity index (χ2n) is 5.93. The van der Waals surface area contributed by atoms with Crippen LogP contribution in [0.15, 0.2) is 12.1 Å². The van der Waals surface area contributed by atoms with Crippen molar-refractivity contribution in [3.8, 4) is 0 Å². The number of rotatable bonds is 1. The molecule has 3 unspecified atom stereocenters. The Hall–Kier alpha value is -1.29. The van der Waals surface area contributed by atoms with Gasteiger partial charge in [0.15, 0.2) is 0 Å². The highest BCUT2D eigenvalue weighted by atomic mass is 35.5. The second kappa shape index (κ2) is 4.92. The van der Waals surface area contributed by atoms with Gasteiger partial charge in [-0.2, -0.15) is 0 Å². The summed E-state index contributed by atoms with van der Waals surface area (Å²) < 4.78 is 15.8. The minimum atomic E-state index is -0.420. The third-order valence-electron chi connectivity index (χ3n) is 4.75. The maximum Gasteiger partial charge on any atom is 0.201 e. The summed E-state index contributed by atoms with van der Waals surface area (Å²) in [5, 5.41) is 0.0900. The van der Waals surface area contributed by atoms with Gasteiger partial charge in [-0.15, -0.1) is 0 Å². The number of aromatic nitrogens is 2. The molecular formula is C15H19ClFN3. The number of nitrogen functional groups attached to an aromatic ring is 1. The molecule has 108 valence electrons. The number of halogens is 2. The van der Waals surface area contributed by atoms with Crippen LogP contribution in [0.2, 0.25) is 5.02 Å². The van der Waals surface area contributed by atoms with Crippen LogP contribution < -0.4 is 5.73 Å². The molecule has 3 rings (SSSR count). The molecule has 3 atom stereocenters. The molecule has 1 aromatic heterocycles. The SMILES string of the molecule is CC1CCCC(n2c(N)nc3cc(Cl)c(F)cc32)C1C. The molecule has 5 heteroatoms. The first-order valence-electron chi connectivity index (χ1n) is 7.11. The van der Waals surface area contributed by atoms with Gasteiger partial charge in [0.25, 0.3) is 0 Å². The van der Waals surface area contributed by atoms with Crippen molar-refractivity contribution in [3.63, 3.8) is 0 Å². The molecule has 0 saturated heterocycles. The average Bonchev–Trinajstić information content (AvgIpc) is 2.69. The predicted molar refractivity (Wildman–Crippen MR) is 80.3 cm³/mol. The van der Waals surface area contributed by atoms with Gasteiger partial charge in [-0.1, -0.05) is 38.3 Å². The van der Waals surface area contributed by atoms with Crippen LogP contribution in [0.4, 0.5) is 10.3 Å². The van der Waals surface area contributed by atoms with Crippen molar-refractivity contribution in [2.75, 3.05) is 5.73 Å². The topological polar surface area (TPSA) is 43.8 Å². The van der Waals surface area contributed by atoms with Gasteiger partial charge in [-0.05, 0) is 24.3 Å². The number of fused-ring (bicyclic) bond motifs is 1. The molecule has 1 saturated carbocycles. The van der Waals surface area contributed by atoms with E-state index in [1.165, 1.54) is 18.9 Å². The van der Waals surface area contributed by atoms with Gasteiger partial charge in [0, 0.05) is 12.1 Å². The number of nitrogens with zero attached hydrogens (tertiary/aromatic N) is 2. The summed E-state index contributed by atoms with van der Waals surface area (Å²) in [6, 6.07) is 3.28. The van der Waals surface area contributed by atoms with E-state index in [0.717, 1.165) is 11.9 Å². The molecule has 20 heavy (non-hydrogen) atoms. The van der Waals surface area contributed by atoms with Crippen LogP contribution in [0, 0.1) is 17.7 Å². The van der Waals surface area contributed by atoms with E-state index in [4.69, 9.17) is 17.3 Å². The quantitative estimate of drug-likeness (QED) is 0.847. The molecule has 0 aliphatic heterocycles. The molecule has 1 aromatic carbocycles. The Morgan fingerprint density at radius 1 is 1.35 bits per heavy atom. The van der Waals surface area contributed by atoms with E-state index >= 15 is 0 Å². The molecule has 0 radical (unpaired) electrons. The maximum atomic E-state index is 13.8. The third-order valence-corrected chi connectivity index (χ3v) is 5.04. The lowest BCUT2D eigenvalue weighted by Gasteiger charge is -2.35. The minimum absolute atomic E-state index is 0.0900. The lowest BCUT2D eigenvalue weighted by molar-refractivity contribution is 0.191. The van der Waals surface area contributed by atoms with Gasteiger partial charge < -0.3 is 10.3 Å². The maximum absolute atomic E-state index is 13.8. The fourth-order valence-electron chi connectivity index (χ4n) is 3.38. The van der Waals surface area contributed by atoms with Crippen LogP contribution in [0.5, 0.6) is 0 Å². The van der Waals surface area contributed by atoms with Crippen LogP contribution in [0.1, 0.15) is 39.2 Å². The molecule has 1 heterocycles. The highest BCUT2D eigenvalue weighted by Crippen LogP contribution is 2.40. The Kier molecular flexibility index (Phi) is 3.36. The van der Waals surface area contributed by atoms with Gasteiger partial charge >= 0.3 is 0 Å². The molecule has 0 amide bonds. The van der Waals surface area contributed by atoms with Crippen molar-refractivity contribution in [3.05, 3.63) is 23.0 Å². The second-order valence-corrected chi connectivity index (χ2v) is 6.34. The normalized spacial score (nSPS) is 27.1. The largest absolute Gasteiger partial charge is 0.369 e. The Balaban J connectivity index is 2.15. The molecule has 3 nitrogen and oxygen atoms in total. The summed E-state index contributed by atoms with van der Waals surface area (Å²) in [6.07, 6.45) is 3.47. The van der Waals surface area contributed by atoms with Gasteiger partial charge in [0.2, 0.25) is 5.95 Å². The summed E-state index contributed by atoms with van der Waals surface area (Å²) in [7, 11) is 0. The molecular weight excluding hydrogens is 277 g/mol. The first kappa shape index (κ1) is 13.7. The highest BCUT2D eigenvalue weighted by Gasteiger charge is 2.30. The molecule has 1 aliphatic carbocycles. The summed E-state index contributed by atoms with van der Waals surface area (Å²) >= 11 is 5.82. The van der Waals surface area contributed by atoms with E-state index in [1.807, 2.05) is 4.57 Å². The molecule has 0 bridgehead atoms. The van der Waals surface area contributed by atoms with Crippen molar-refractivity contribution in [2.24, 2.45) is 11.8 Å². The third kappa shape index (κ3) is 2.06. The Morgan fingerprint density at radius 3 is 2.85 bits per heavy atom. The van der Waals surface area contributed by atoms with Crippen LogP contribution in [0.25, 0.3) is 11.0 Å². The monoisotopic (exact) mass is 295 g/mol. The van der Waals surface area contributed by atoms with Crippen LogP contribution in [-0.4, -0.2) is 9.55 Å². The smallest absolute Gasteiger partial charge is 0.201 e. The van der Waals surface area contributed by atoms with Crippen LogP contribution in [0.3, 0.4) is 0 Å².